The number of hydrogen-bond acceptors (Lipinski definition) is 6. The molecular formula is C6HClF3IN2O5S. The molecule has 1 rings (SSSR count). The van der Waals surface area contributed by atoms with Crippen molar-refractivity contribution < 1.29 is 31.2 Å². The standard InChI is InChI=1S/C6HClF3IN2O5S/c7-19(16,17)4-3(13(14)15)2(1-12-5(4)11)18-6(8,9)10/h1H. The lowest BCUT2D eigenvalue weighted by Crippen LogP contribution is -2.19. The minimum atomic E-state index is -5.24. The molecule has 1 heterocycles. The van der Waals surface area contributed by atoms with E-state index >= 15 is 0 Å². The summed E-state index contributed by atoms with van der Waals surface area (Å²) in [4.78, 5) is 11.5. The van der Waals surface area contributed by atoms with E-state index in [0.29, 0.717) is 6.20 Å². The monoisotopic (exact) mass is 432 g/mol. The molecule has 0 saturated carbocycles. The lowest BCUT2D eigenvalue weighted by Gasteiger charge is -2.10. The third kappa shape index (κ3) is 4.04. The van der Waals surface area contributed by atoms with E-state index in [4.69, 9.17) is 10.7 Å². The maximum absolute atomic E-state index is 12.1. The molecule has 0 spiro atoms. The van der Waals surface area contributed by atoms with Gasteiger partial charge in [-0.15, -0.1) is 13.2 Å². The molecule has 0 aromatic carbocycles. The third-order valence-electron chi connectivity index (χ3n) is 1.58. The van der Waals surface area contributed by atoms with E-state index in [2.05, 4.69) is 9.72 Å². The summed E-state index contributed by atoms with van der Waals surface area (Å²) in [5.74, 6) is -1.36. The number of pyridine rings is 1. The maximum atomic E-state index is 12.1. The fraction of sp³-hybridized carbons (Fsp3) is 0.167. The van der Waals surface area contributed by atoms with Gasteiger partial charge in [0, 0.05) is 10.7 Å². The van der Waals surface area contributed by atoms with Gasteiger partial charge in [-0.2, -0.15) is 0 Å². The van der Waals surface area contributed by atoms with Crippen LogP contribution < -0.4 is 4.74 Å². The molecule has 0 saturated heterocycles. The molecule has 0 atom stereocenters. The molecule has 1 aromatic heterocycles. The van der Waals surface area contributed by atoms with Gasteiger partial charge < -0.3 is 4.74 Å². The van der Waals surface area contributed by atoms with Crippen LogP contribution in [-0.2, 0) is 9.05 Å². The second kappa shape index (κ2) is 5.24. The van der Waals surface area contributed by atoms with Crippen molar-refractivity contribution in [2.75, 3.05) is 0 Å². The molecule has 0 fully saturated rings. The number of rotatable bonds is 3. The number of nitro groups is 1. The average Bonchev–Trinajstić information content (AvgIpc) is 2.15. The zero-order valence-electron chi connectivity index (χ0n) is 8.31. The van der Waals surface area contributed by atoms with Crippen LogP contribution >= 0.6 is 33.3 Å². The van der Waals surface area contributed by atoms with Crippen LogP contribution in [0.4, 0.5) is 18.9 Å². The molecule has 7 nitrogen and oxygen atoms in total. The van der Waals surface area contributed by atoms with Crippen LogP contribution in [0.15, 0.2) is 11.1 Å². The molecule has 0 aliphatic heterocycles. The second-order valence-electron chi connectivity index (χ2n) is 2.83. The van der Waals surface area contributed by atoms with Gasteiger partial charge in [-0.25, -0.2) is 13.4 Å². The molecule has 0 N–H and O–H groups in total. The summed E-state index contributed by atoms with van der Waals surface area (Å²) >= 11 is 1.28. The van der Waals surface area contributed by atoms with Crippen LogP contribution in [0.3, 0.4) is 0 Å². The van der Waals surface area contributed by atoms with Crippen molar-refractivity contribution in [3.8, 4) is 5.75 Å². The highest BCUT2D eigenvalue weighted by Gasteiger charge is 2.39. The molecule has 0 aliphatic rings. The van der Waals surface area contributed by atoms with Crippen LogP contribution in [0.1, 0.15) is 0 Å². The Morgan fingerprint density at radius 1 is 1.47 bits per heavy atom. The smallest absolute Gasteiger partial charge is 0.397 e. The maximum Gasteiger partial charge on any atom is 0.573 e. The largest absolute Gasteiger partial charge is 0.573 e. The van der Waals surface area contributed by atoms with Crippen LogP contribution in [0.25, 0.3) is 0 Å². The topological polar surface area (TPSA) is 99.4 Å². The first-order valence-corrected chi connectivity index (χ1v) is 7.35. The Bertz CT molecular complexity index is 634. The number of nitrogens with zero attached hydrogens (tertiary/aromatic N) is 2. The first kappa shape index (κ1) is 16.2. The zero-order valence-corrected chi connectivity index (χ0v) is 12.0. The lowest BCUT2D eigenvalue weighted by atomic mass is 10.4. The number of ether oxygens (including phenoxy) is 1. The molecule has 106 valence electrons. The Morgan fingerprint density at radius 2 is 2.00 bits per heavy atom. The summed E-state index contributed by atoms with van der Waals surface area (Å²) in [7, 11) is 0.268. The number of aromatic nitrogens is 1. The van der Waals surface area contributed by atoms with E-state index in [1.165, 1.54) is 22.6 Å². The molecule has 13 heteroatoms. The summed E-state index contributed by atoms with van der Waals surface area (Å²) in [6.07, 6.45) is -4.86. The van der Waals surface area contributed by atoms with E-state index < -0.39 is 40.4 Å². The van der Waals surface area contributed by atoms with Crippen LogP contribution in [-0.4, -0.2) is 24.7 Å². The zero-order chi connectivity index (χ0) is 15.0. The highest BCUT2D eigenvalue weighted by Crippen LogP contribution is 2.39. The number of halogens is 5. The normalized spacial score (nSPS) is 12.3. The summed E-state index contributed by atoms with van der Waals surface area (Å²) in [5, 5.41) is 10.7. The van der Waals surface area contributed by atoms with E-state index in [0.717, 1.165) is 0 Å². The summed E-state index contributed by atoms with van der Waals surface area (Å²) in [6, 6.07) is 0. The molecule has 0 bridgehead atoms. The highest BCUT2D eigenvalue weighted by molar-refractivity contribution is 14.1. The predicted molar refractivity (Wildman–Crippen MR) is 63.3 cm³/mol. The van der Waals surface area contributed by atoms with Gasteiger partial charge in [0.05, 0.1) is 11.1 Å². The van der Waals surface area contributed by atoms with Crippen molar-refractivity contribution in [1.82, 2.24) is 4.98 Å². The first-order valence-electron chi connectivity index (χ1n) is 3.97. The Balaban J connectivity index is 3.65. The van der Waals surface area contributed by atoms with E-state index in [9.17, 15) is 31.7 Å². The molecular weight excluding hydrogens is 431 g/mol. The molecule has 0 radical (unpaired) electrons. The Morgan fingerprint density at radius 3 is 2.37 bits per heavy atom. The fourth-order valence-electron chi connectivity index (χ4n) is 1.03. The fourth-order valence-corrected chi connectivity index (χ4v) is 3.79. The summed E-state index contributed by atoms with van der Waals surface area (Å²) < 4.78 is 61.4. The van der Waals surface area contributed by atoms with Gasteiger partial charge in [0.1, 0.15) is 3.70 Å². The molecule has 0 aliphatic carbocycles. The van der Waals surface area contributed by atoms with Crippen LogP contribution in [0.5, 0.6) is 5.75 Å². The molecule has 1 aromatic rings. The second-order valence-corrected chi connectivity index (χ2v) is 6.36. The predicted octanol–water partition coefficient (Wildman–Crippen LogP) is 2.42. The first-order chi connectivity index (χ1) is 8.43. The summed E-state index contributed by atoms with van der Waals surface area (Å²) in [5.41, 5.74) is -1.42. The van der Waals surface area contributed by atoms with Crippen LogP contribution in [0, 0.1) is 13.8 Å². The van der Waals surface area contributed by atoms with Gasteiger partial charge in [-0.3, -0.25) is 10.1 Å². The van der Waals surface area contributed by atoms with Gasteiger partial charge in [-0.05, 0) is 22.6 Å². The van der Waals surface area contributed by atoms with E-state index in [1.807, 2.05) is 0 Å². The van der Waals surface area contributed by atoms with Crippen LogP contribution in [0.2, 0.25) is 0 Å². The molecule has 0 unspecified atom stereocenters. The Hall–Kier alpha value is -0.890. The lowest BCUT2D eigenvalue weighted by molar-refractivity contribution is -0.391. The van der Waals surface area contributed by atoms with E-state index in [1.54, 1.807) is 0 Å². The van der Waals surface area contributed by atoms with Crippen molar-refractivity contribution >= 4 is 48.0 Å². The van der Waals surface area contributed by atoms with Crippen molar-refractivity contribution in [3.05, 3.63) is 20.0 Å². The van der Waals surface area contributed by atoms with Gasteiger partial charge in [-0.1, -0.05) is 0 Å². The van der Waals surface area contributed by atoms with Crippen molar-refractivity contribution in [2.24, 2.45) is 0 Å². The molecule has 19 heavy (non-hydrogen) atoms. The summed E-state index contributed by atoms with van der Waals surface area (Å²) in [6.45, 7) is 0. The van der Waals surface area contributed by atoms with Crippen molar-refractivity contribution in [3.63, 3.8) is 0 Å². The Labute approximate surface area is 121 Å². The minimum Gasteiger partial charge on any atom is -0.397 e. The SMILES string of the molecule is O=[N+]([O-])c1c(OC(F)(F)F)cnc(I)c1S(=O)(=O)Cl. The van der Waals surface area contributed by atoms with Crippen molar-refractivity contribution in [1.29, 1.82) is 0 Å². The van der Waals surface area contributed by atoms with Gasteiger partial charge in [0.2, 0.25) is 5.75 Å². The Kier molecular flexibility index (Phi) is 4.46. The van der Waals surface area contributed by atoms with E-state index in [-0.39, 0.29) is 0 Å². The van der Waals surface area contributed by atoms with Crippen molar-refractivity contribution in [2.45, 2.75) is 11.3 Å². The average molecular weight is 433 g/mol. The van der Waals surface area contributed by atoms with Gasteiger partial charge in [0.25, 0.3) is 9.05 Å². The van der Waals surface area contributed by atoms with Gasteiger partial charge >= 0.3 is 12.0 Å². The third-order valence-corrected chi connectivity index (χ3v) is 4.10. The minimum absolute atomic E-state index is 0.388. The molecule has 0 amide bonds. The number of alkyl halides is 3. The number of hydrogen-bond donors (Lipinski definition) is 0. The quantitative estimate of drug-likeness (QED) is 0.239. The highest BCUT2D eigenvalue weighted by atomic mass is 127. The van der Waals surface area contributed by atoms with Gasteiger partial charge in [0.15, 0.2) is 4.90 Å².